The van der Waals surface area contributed by atoms with Gasteiger partial charge in [0.05, 0.1) is 13.1 Å². The molecule has 1 saturated heterocycles. The van der Waals surface area contributed by atoms with E-state index in [2.05, 4.69) is 10.0 Å². The lowest BCUT2D eigenvalue weighted by molar-refractivity contribution is 0.145. The first-order valence-electron chi connectivity index (χ1n) is 5.93. The van der Waals surface area contributed by atoms with E-state index in [1.165, 1.54) is 4.90 Å². The van der Waals surface area contributed by atoms with Crippen LogP contribution in [0.2, 0.25) is 0 Å². The normalized spacial score (nSPS) is 18.1. The lowest BCUT2D eigenvalue weighted by atomic mass is 10.1. The van der Waals surface area contributed by atoms with Crippen LogP contribution in [0.1, 0.15) is 5.56 Å². The summed E-state index contributed by atoms with van der Waals surface area (Å²) >= 11 is 0. The molecule has 0 aliphatic carbocycles. The van der Waals surface area contributed by atoms with E-state index in [4.69, 9.17) is 15.4 Å². The van der Waals surface area contributed by atoms with E-state index in [-0.39, 0.29) is 13.2 Å². The SMILES string of the molecule is [N-]=[N+]=NCC1CN(c2ccc(CCO)cc2)C(=O)O1. The molecule has 1 fully saturated rings. The Morgan fingerprint density at radius 1 is 1.47 bits per heavy atom. The van der Waals surface area contributed by atoms with Crippen LogP contribution in [0, 0.1) is 0 Å². The summed E-state index contributed by atoms with van der Waals surface area (Å²) in [4.78, 5) is 15.8. The third-order valence-electron chi connectivity index (χ3n) is 2.87. The minimum atomic E-state index is -0.437. The second-order valence-electron chi connectivity index (χ2n) is 4.17. The van der Waals surface area contributed by atoms with Gasteiger partial charge in [0.25, 0.3) is 0 Å². The first-order chi connectivity index (χ1) is 9.24. The molecule has 0 aromatic heterocycles. The predicted octanol–water partition coefficient (Wildman–Crippen LogP) is 1.86. The van der Waals surface area contributed by atoms with E-state index in [1.54, 1.807) is 0 Å². The number of hydrogen-bond acceptors (Lipinski definition) is 4. The number of hydrogen-bond donors (Lipinski definition) is 1. The highest BCUT2D eigenvalue weighted by Gasteiger charge is 2.31. The van der Waals surface area contributed by atoms with Crippen molar-refractivity contribution in [2.75, 3.05) is 24.6 Å². The fourth-order valence-corrected chi connectivity index (χ4v) is 1.93. The molecule has 1 heterocycles. The molecule has 1 unspecified atom stereocenters. The summed E-state index contributed by atoms with van der Waals surface area (Å²) in [6.07, 6.45) is -0.252. The smallest absolute Gasteiger partial charge is 0.414 e. The van der Waals surface area contributed by atoms with Crippen molar-refractivity contribution >= 4 is 11.8 Å². The van der Waals surface area contributed by atoms with Crippen LogP contribution in [0.3, 0.4) is 0 Å². The molecule has 7 nitrogen and oxygen atoms in total. The summed E-state index contributed by atoms with van der Waals surface area (Å²) in [7, 11) is 0. The highest BCUT2D eigenvalue weighted by atomic mass is 16.6. The van der Waals surface area contributed by atoms with Crippen molar-refractivity contribution < 1.29 is 14.6 Å². The number of carbonyl (C=O) groups excluding carboxylic acids is 1. The van der Waals surface area contributed by atoms with Gasteiger partial charge in [0.15, 0.2) is 0 Å². The number of anilines is 1. The third kappa shape index (κ3) is 3.15. The number of aliphatic hydroxyl groups is 1. The van der Waals surface area contributed by atoms with Crippen LogP contribution in [0.5, 0.6) is 0 Å². The molecule has 1 aliphatic heterocycles. The fourth-order valence-electron chi connectivity index (χ4n) is 1.93. The average Bonchev–Trinajstić information content (AvgIpc) is 2.79. The summed E-state index contributed by atoms with van der Waals surface area (Å²) in [5.41, 5.74) is 9.98. The molecular weight excluding hydrogens is 248 g/mol. The van der Waals surface area contributed by atoms with Gasteiger partial charge in [-0.05, 0) is 29.6 Å². The standard InChI is InChI=1S/C12H14N4O3/c13-15-14-7-11-8-16(12(18)19-11)10-3-1-9(2-4-10)5-6-17/h1-4,11,17H,5-8H2. The molecule has 1 aromatic carbocycles. The van der Waals surface area contributed by atoms with Crippen LogP contribution in [0.25, 0.3) is 10.4 Å². The number of amides is 1. The van der Waals surface area contributed by atoms with Crippen molar-refractivity contribution in [1.82, 2.24) is 0 Å². The zero-order chi connectivity index (χ0) is 13.7. The summed E-state index contributed by atoms with van der Waals surface area (Å²) < 4.78 is 5.09. The maximum Gasteiger partial charge on any atom is 0.414 e. The summed E-state index contributed by atoms with van der Waals surface area (Å²) in [5, 5.41) is 12.2. The van der Waals surface area contributed by atoms with Gasteiger partial charge in [-0.25, -0.2) is 4.79 Å². The van der Waals surface area contributed by atoms with Crippen LogP contribution >= 0.6 is 0 Å². The second kappa shape index (κ2) is 6.08. The van der Waals surface area contributed by atoms with Crippen molar-refractivity contribution in [1.29, 1.82) is 0 Å². The third-order valence-corrected chi connectivity index (χ3v) is 2.87. The van der Waals surface area contributed by atoms with Gasteiger partial charge in [0.1, 0.15) is 6.10 Å². The molecule has 0 bridgehead atoms. The molecule has 2 rings (SSSR count). The maximum atomic E-state index is 11.7. The van der Waals surface area contributed by atoms with Crippen LogP contribution in [-0.2, 0) is 11.2 Å². The molecule has 0 spiro atoms. The molecule has 0 saturated carbocycles. The van der Waals surface area contributed by atoms with Gasteiger partial charge < -0.3 is 9.84 Å². The molecule has 0 radical (unpaired) electrons. The fraction of sp³-hybridized carbons (Fsp3) is 0.417. The highest BCUT2D eigenvalue weighted by Crippen LogP contribution is 2.22. The molecule has 7 heteroatoms. The minimum Gasteiger partial charge on any atom is -0.444 e. The summed E-state index contributed by atoms with van der Waals surface area (Å²) in [5.74, 6) is 0. The highest BCUT2D eigenvalue weighted by molar-refractivity contribution is 5.89. The Morgan fingerprint density at radius 2 is 2.21 bits per heavy atom. The Balaban J connectivity index is 2.05. The Kier molecular flexibility index (Phi) is 4.22. The number of azide groups is 1. The number of nitrogens with zero attached hydrogens (tertiary/aromatic N) is 4. The van der Waals surface area contributed by atoms with Gasteiger partial charge >= 0.3 is 6.09 Å². The number of carbonyl (C=O) groups is 1. The molecule has 1 amide bonds. The largest absolute Gasteiger partial charge is 0.444 e. The van der Waals surface area contributed by atoms with Crippen LogP contribution in [-0.4, -0.2) is 37.0 Å². The topological polar surface area (TPSA) is 98.5 Å². The van der Waals surface area contributed by atoms with Crippen molar-refractivity contribution in [3.05, 3.63) is 40.3 Å². The van der Waals surface area contributed by atoms with Crippen LogP contribution in [0.4, 0.5) is 10.5 Å². The lowest BCUT2D eigenvalue weighted by Gasteiger charge is -2.13. The van der Waals surface area contributed by atoms with Crippen molar-refractivity contribution in [3.63, 3.8) is 0 Å². The van der Waals surface area contributed by atoms with E-state index in [0.29, 0.717) is 13.0 Å². The Bertz CT molecular complexity index is 496. The predicted molar refractivity (Wildman–Crippen MR) is 68.9 cm³/mol. The van der Waals surface area contributed by atoms with E-state index in [0.717, 1.165) is 11.3 Å². The monoisotopic (exact) mass is 262 g/mol. The minimum absolute atomic E-state index is 0.0966. The second-order valence-corrected chi connectivity index (χ2v) is 4.17. The number of cyclic esters (lactones) is 1. The first-order valence-corrected chi connectivity index (χ1v) is 5.93. The first kappa shape index (κ1) is 13.2. The Labute approximate surface area is 110 Å². The van der Waals surface area contributed by atoms with Crippen molar-refractivity contribution in [2.45, 2.75) is 12.5 Å². The van der Waals surface area contributed by atoms with Crippen LogP contribution < -0.4 is 4.90 Å². The Morgan fingerprint density at radius 3 is 2.84 bits per heavy atom. The quantitative estimate of drug-likeness (QED) is 0.498. The number of rotatable bonds is 5. The van der Waals surface area contributed by atoms with Crippen molar-refractivity contribution in [3.8, 4) is 0 Å². The van der Waals surface area contributed by atoms with Gasteiger partial charge in [-0.3, -0.25) is 4.90 Å². The van der Waals surface area contributed by atoms with Gasteiger partial charge in [0.2, 0.25) is 0 Å². The molecule has 1 aliphatic rings. The molecule has 100 valence electrons. The maximum absolute atomic E-state index is 11.7. The van der Waals surface area contributed by atoms with Gasteiger partial charge in [-0.2, -0.15) is 0 Å². The molecule has 1 aromatic rings. The van der Waals surface area contributed by atoms with Gasteiger partial charge in [-0.1, -0.05) is 17.2 Å². The molecule has 19 heavy (non-hydrogen) atoms. The number of benzene rings is 1. The van der Waals surface area contributed by atoms with E-state index in [1.807, 2.05) is 24.3 Å². The zero-order valence-corrected chi connectivity index (χ0v) is 10.3. The summed E-state index contributed by atoms with van der Waals surface area (Å²) in [6, 6.07) is 7.34. The Hall–Kier alpha value is -2.24. The van der Waals surface area contributed by atoms with Crippen LogP contribution in [0.15, 0.2) is 29.4 Å². The van der Waals surface area contributed by atoms with Gasteiger partial charge in [0, 0.05) is 17.2 Å². The molecule has 1 N–H and O–H groups in total. The number of ether oxygens (including phenoxy) is 1. The van der Waals surface area contributed by atoms with E-state index < -0.39 is 12.2 Å². The summed E-state index contributed by atoms with van der Waals surface area (Å²) in [6.45, 7) is 0.609. The molecular formula is C12H14N4O3. The molecule has 1 atom stereocenters. The van der Waals surface area contributed by atoms with Gasteiger partial charge in [-0.15, -0.1) is 0 Å². The zero-order valence-electron chi connectivity index (χ0n) is 10.3. The lowest BCUT2D eigenvalue weighted by Crippen LogP contribution is -2.25. The van der Waals surface area contributed by atoms with E-state index >= 15 is 0 Å². The average molecular weight is 262 g/mol. The van der Waals surface area contributed by atoms with E-state index in [9.17, 15) is 4.79 Å². The van der Waals surface area contributed by atoms with Crippen molar-refractivity contribution in [2.24, 2.45) is 5.11 Å². The number of aliphatic hydroxyl groups excluding tert-OH is 1.